The van der Waals surface area contributed by atoms with Crippen molar-refractivity contribution in [1.29, 1.82) is 0 Å². The summed E-state index contributed by atoms with van der Waals surface area (Å²) in [5.41, 5.74) is 3.72. The molecular formula is C17H25N3O. The van der Waals surface area contributed by atoms with Crippen LogP contribution in [0.5, 0.6) is 0 Å². The van der Waals surface area contributed by atoms with E-state index in [1.807, 2.05) is 12.1 Å². The zero-order valence-electron chi connectivity index (χ0n) is 13.0. The van der Waals surface area contributed by atoms with Crippen LogP contribution < -0.4 is 16.0 Å². The number of hydrogen-bond acceptors (Lipinski definition) is 2. The van der Waals surface area contributed by atoms with Gasteiger partial charge in [0.2, 0.25) is 0 Å². The number of anilines is 1. The first-order chi connectivity index (χ1) is 10.1. The highest BCUT2D eigenvalue weighted by molar-refractivity contribution is 5.90. The Morgan fingerprint density at radius 1 is 1.38 bits per heavy atom. The lowest BCUT2D eigenvalue weighted by molar-refractivity contribution is 0.239. The lowest BCUT2D eigenvalue weighted by Gasteiger charge is -2.25. The van der Waals surface area contributed by atoms with Crippen molar-refractivity contribution in [3.05, 3.63) is 29.3 Å². The van der Waals surface area contributed by atoms with E-state index in [1.54, 1.807) is 0 Å². The molecule has 1 aromatic rings. The third kappa shape index (κ3) is 3.38. The number of benzene rings is 1. The molecule has 2 aliphatic rings. The number of carbonyl (C=O) groups excluding carboxylic acids is 1. The molecule has 0 bridgehead atoms. The Morgan fingerprint density at radius 3 is 2.95 bits per heavy atom. The summed E-state index contributed by atoms with van der Waals surface area (Å²) in [5, 5.41) is 9.42. The minimum atomic E-state index is -0.0874. The van der Waals surface area contributed by atoms with Gasteiger partial charge in [0.1, 0.15) is 0 Å². The molecule has 2 amide bonds. The first-order valence-corrected chi connectivity index (χ1v) is 7.92. The van der Waals surface area contributed by atoms with Crippen LogP contribution >= 0.6 is 0 Å². The highest BCUT2D eigenvalue weighted by atomic mass is 16.2. The van der Waals surface area contributed by atoms with Crippen LogP contribution in [0.1, 0.15) is 37.8 Å². The van der Waals surface area contributed by atoms with E-state index < -0.39 is 0 Å². The molecule has 0 spiro atoms. The van der Waals surface area contributed by atoms with Crippen molar-refractivity contribution in [3.8, 4) is 0 Å². The molecule has 0 aromatic heterocycles. The third-order valence-corrected chi connectivity index (χ3v) is 4.78. The number of urea groups is 1. The highest BCUT2D eigenvalue weighted by Gasteiger charge is 2.37. The van der Waals surface area contributed by atoms with E-state index in [9.17, 15) is 4.79 Å². The predicted molar refractivity (Wildman–Crippen MR) is 85.4 cm³/mol. The van der Waals surface area contributed by atoms with Crippen LogP contribution in [0.15, 0.2) is 18.2 Å². The predicted octanol–water partition coefficient (Wildman–Crippen LogP) is 2.89. The monoisotopic (exact) mass is 287 g/mol. The number of amides is 2. The first-order valence-electron chi connectivity index (χ1n) is 7.92. The topological polar surface area (TPSA) is 53.2 Å². The van der Waals surface area contributed by atoms with Gasteiger partial charge in [-0.15, -0.1) is 0 Å². The average Bonchev–Trinajstić information content (AvgIpc) is 3.31. The number of hydrogen-bond donors (Lipinski definition) is 3. The number of nitrogens with one attached hydrogen (secondary N) is 3. The van der Waals surface area contributed by atoms with Gasteiger partial charge in [-0.05, 0) is 54.3 Å². The zero-order chi connectivity index (χ0) is 14.9. The van der Waals surface area contributed by atoms with Crippen LogP contribution in [-0.2, 0) is 13.0 Å². The van der Waals surface area contributed by atoms with Crippen LogP contribution in [0.2, 0.25) is 0 Å². The summed E-state index contributed by atoms with van der Waals surface area (Å²) in [7, 11) is 0. The van der Waals surface area contributed by atoms with Crippen molar-refractivity contribution >= 4 is 11.7 Å². The van der Waals surface area contributed by atoms with Gasteiger partial charge in [0.25, 0.3) is 0 Å². The molecule has 0 radical (unpaired) electrons. The fraction of sp³-hybridized carbons (Fsp3) is 0.588. The van der Waals surface area contributed by atoms with Crippen molar-refractivity contribution in [3.63, 3.8) is 0 Å². The van der Waals surface area contributed by atoms with Gasteiger partial charge in [-0.1, -0.05) is 26.0 Å². The Labute approximate surface area is 126 Å². The maximum Gasteiger partial charge on any atom is 0.319 e. The molecule has 0 unspecified atom stereocenters. The summed E-state index contributed by atoms with van der Waals surface area (Å²) >= 11 is 0. The summed E-state index contributed by atoms with van der Waals surface area (Å²) < 4.78 is 0. The van der Waals surface area contributed by atoms with E-state index in [-0.39, 0.29) is 11.4 Å². The minimum Gasteiger partial charge on any atom is -0.337 e. The van der Waals surface area contributed by atoms with Crippen molar-refractivity contribution in [2.24, 2.45) is 11.3 Å². The minimum absolute atomic E-state index is 0.0874. The van der Waals surface area contributed by atoms with Crippen LogP contribution in [0.25, 0.3) is 0 Å². The van der Waals surface area contributed by atoms with E-state index in [0.717, 1.165) is 37.7 Å². The van der Waals surface area contributed by atoms with Crippen LogP contribution in [-0.4, -0.2) is 19.1 Å². The largest absolute Gasteiger partial charge is 0.337 e. The molecule has 3 rings (SSSR count). The van der Waals surface area contributed by atoms with Crippen molar-refractivity contribution < 1.29 is 4.79 Å². The molecule has 1 aromatic carbocycles. The normalized spacial score (nSPS) is 18.0. The van der Waals surface area contributed by atoms with Gasteiger partial charge in [-0.2, -0.15) is 0 Å². The Kier molecular flexibility index (Phi) is 3.89. The van der Waals surface area contributed by atoms with E-state index in [1.165, 1.54) is 24.0 Å². The Balaban J connectivity index is 1.60. The first kappa shape index (κ1) is 14.4. The van der Waals surface area contributed by atoms with Gasteiger partial charge in [0, 0.05) is 18.8 Å². The number of rotatable bonds is 4. The highest BCUT2D eigenvalue weighted by Crippen LogP contribution is 2.44. The van der Waals surface area contributed by atoms with E-state index in [0.29, 0.717) is 0 Å². The maximum atomic E-state index is 12.2. The molecule has 114 valence electrons. The third-order valence-electron chi connectivity index (χ3n) is 4.78. The van der Waals surface area contributed by atoms with Gasteiger partial charge in [0.15, 0.2) is 0 Å². The molecule has 1 aliphatic heterocycles. The standard InChI is InChI=1S/C17H25N3O/c1-17(2,13-6-7-13)11-19-16(21)20-15-5-3-4-12-10-18-9-8-14(12)15/h3-5,13,18H,6-11H2,1-2H3,(H2,19,20,21). The summed E-state index contributed by atoms with van der Waals surface area (Å²) in [5.74, 6) is 0.772. The molecule has 1 fully saturated rings. The number of carbonyl (C=O) groups is 1. The van der Waals surface area contributed by atoms with Gasteiger partial charge in [-0.25, -0.2) is 4.79 Å². The second kappa shape index (κ2) is 5.68. The van der Waals surface area contributed by atoms with Gasteiger partial charge < -0.3 is 16.0 Å². The second-order valence-corrected chi connectivity index (χ2v) is 6.94. The fourth-order valence-electron chi connectivity index (χ4n) is 3.13. The van der Waals surface area contributed by atoms with Crippen LogP contribution in [0, 0.1) is 11.3 Å². The summed E-state index contributed by atoms with van der Waals surface area (Å²) in [6.07, 6.45) is 3.57. The average molecular weight is 287 g/mol. The molecule has 0 atom stereocenters. The molecule has 0 saturated heterocycles. The zero-order valence-corrected chi connectivity index (χ0v) is 13.0. The van der Waals surface area contributed by atoms with Crippen molar-refractivity contribution in [1.82, 2.24) is 10.6 Å². The SMILES string of the molecule is CC(C)(CNC(=O)Nc1cccc2c1CCNC2)C1CC1. The molecule has 21 heavy (non-hydrogen) atoms. The lowest BCUT2D eigenvalue weighted by atomic mass is 9.87. The number of fused-ring (bicyclic) bond motifs is 1. The maximum absolute atomic E-state index is 12.2. The summed E-state index contributed by atoms with van der Waals surface area (Å²) in [6.45, 7) is 7.07. The molecule has 1 heterocycles. The molecule has 1 aliphatic carbocycles. The molecule has 4 nitrogen and oxygen atoms in total. The van der Waals surface area contributed by atoms with Crippen LogP contribution in [0.4, 0.5) is 10.5 Å². The molecular weight excluding hydrogens is 262 g/mol. The van der Waals surface area contributed by atoms with Crippen molar-refractivity contribution in [2.45, 2.75) is 39.7 Å². The molecule has 3 N–H and O–H groups in total. The van der Waals surface area contributed by atoms with Gasteiger partial charge in [-0.3, -0.25) is 0 Å². The summed E-state index contributed by atoms with van der Waals surface area (Å²) in [6, 6.07) is 6.04. The Hall–Kier alpha value is -1.55. The van der Waals surface area contributed by atoms with E-state index in [2.05, 4.69) is 35.9 Å². The van der Waals surface area contributed by atoms with Crippen molar-refractivity contribution in [2.75, 3.05) is 18.4 Å². The Morgan fingerprint density at radius 2 is 2.19 bits per heavy atom. The lowest BCUT2D eigenvalue weighted by Crippen LogP contribution is -2.38. The molecule has 1 saturated carbocycles. The van der Waals surface area contributed by atoms with Gasteiger partial charge >= 0.3 is 6.03 Å². The fourth-order valence-corrected chi connectivity index (χ4v) is 3.13. The van der Waals surface area contributed by atoms with E-state index in [4.69, 9.17) is 0 Å². The van der Waals surface area contributed by atoms with E-state index >= 15 is 0 Å². The van der Waals surface area contributed by atoms with Gasteiger partial charge in [0.05, 0.1) is 0 Å². The Bertz CT molecular complexity index is 535. The van der Waals surface area contributed by atoms with Crippen LogP contribution in [0.3, 0.4) is 0 Å². The second-order valence-electron chi connectivity index (χ2n) is 6.94. The summed E-state index contributed by atoms with van der Waals surface area (Å²) in [4.78, 5) is 12.2. The quantitative estimate of drug-likeness (QED) is 0.797. The smallest absolute Gasteiger partial charge is 0.319 e. The molecule has 4 heteroatoms.